The Morgan fingerprint density at radius 1 is 1.05 bits per heavy atom. The Hall–Kier alpha value is -1.32. The fourth-order valence-corrected chi connectivity index (χ4v) is 2.76. The minimum atomic E-state index is 0.537. The second-order valence-corrected chi connectivity index (χ2v) is 6.11. The molecule has 0 aliphatic heterocycles. The van der Waals surface area contributed by atoms with E-state index in [-0.39, 0.29) is 0 Å². The van der Waals surface area contributed by atoms with Crippen LogP contribution >= 0.6 is 0 Å². The van der Waals surface area contributed by atoms with Gasteiger partial charge in [0.1, 0.15) is 17.5 Å². The maximum atomic E-state index is 4.76. The Morgan fingerprint density at radius 3 is 2.14 bits per heavy atom. The molecule has 120 valence electrons. The Balaban J connectivity index is 3.28. The van der Waals surface area contributed by atoms with E-state index in [0.717, 1.165) is 49.0 Å². The van der Waals surface area contributed by atoms with Crippen molar-refractivity contribution in [2.75, 3.05) is 23.3 Å². The minimum absolute atomic E-state index is 0.537. The van der Waals surface area contributed by atoms with Gasteiger partial charge in [0.05, 0.1) is 0 Å². The summed E-state index contributed by atoms with van der Waals surface area (Å²) < 4.78 is 0. The highest BCUT2D eigenvalue weighted by Gasteiger charge is 2.22. The topological polar surface area (TPSA) is 41.1 Å². The summed E-state index contributed by atoms with van der Waals surface area (Å²) in [7, 11) is 0. The van der Waals surface area contributed by atoms with E-state index in [1.54, 1.807) is 0 Å². The van der Waals surface area contributed by atoms with Gasteiger partial charge in [-0.15, -0.1) is 0 Å². The van der Waals surface area contributed by atoms with Gasteiger partial charge >= 0.3 is 0 Å². The Morgan fingerprint density at radius 2 is 1.67 bits per heavy atom. The zero-order valence-electron chi connectivity index (χ0n) is 14.8. The van der Waals surface area contributed by atoms with Crippen LogP contribution in [0.5, 0.6) is 0 Å². The second-order valence-electron chi connectivity index (χ2n) is 6.11. The summed E-state index contributed by atoms with van der Waals surface area (Å²) in [6.45, 7) is 17.2. The van der Waals surface area contributed by atoms with Crippen LogP contribution < -0.4 is 10.2 Å². The number of nitrogens with zero attached hydrogens (tertiary/aromatic N) is 3. The molecule has 0 fully saturated rings. The summed E-state index contributed by atoms with van der Waals surface area (Å²) in [6.07, 6.45) is 2.28. The number of rotatable bonds is 8. The molecule has 0 aromatic carbocycles. The first-order valence-electron chi connectivity index (χ1n) is 8.30. The van der Waals surface area contributed by atoms with E-state index in [9.17, 15) is 0 Å². The van der Waals surface area contributed by atoms with Gasteiger partial charge in [0, 0.05) is 24.7 Å². The molecule has 1 heterocycles. The molecule has 0 saturated heterocycles. The van der Waals surface area contributed by atoms with Gasteiger partial charge in [0.2, 0.25) is 0 Å². The van der Waals surface area contributed by atoms with Gasteiger partial charge < -0.3 is 10.2 Å². The summed E-state index contributed by atoms with van der Waals surface area (Å²) >= 11 is 0. The molecule has 0 radical (unpaired) electrons. The molecule has 0 unspecified atom stereocenters. The van der Waals surface area contributed by atoms with E-state index in [4.69, 9.17) is 4.98 Å². The fourth-order valence-electron chi connectivity index (χ4n) is 2.76. The van der Waals surface area contributed by atoms with E-state index in [1.165, 1.54) is 0 Å². The number of aromatic nitrogens is 2. The smallest absolute Gasteiger partial charge is 0.137 e. The predicted molar refractivity (Wildman–Crippen MR) is 92.2 cm³/mol. The summed E-state index contributed by atoms with van der Waals surface area (Å²) in [5.74, 6) is 3.52. The molecule has 1 aromatic rings. The van der Waals surface area contributed by atoms with Crippen molar-refractivity contribution < 1.29 is 0 Å². The fraction of sp³-hybridized carbons (Fsp3) is 0.765. The lowest BCUT2D eigenvalue weighted by Gasteiger charge is -2.34. The average molecular weight is 292 g/mol. The molecule has 0 amide bonds. The molecule has 4 nitrogen and oxygen atoms in total. The summed E-state index contributed by atoms with van der Waals surface area (Å²) in [6, 6.07) is 0.537. The van der Waals surface area contributed by atoms with Gasteiger partial charge in [-0.3, -0.25) is 0 Å². The van der Waals surface area contributed by atoms with Crippen LogP contribution in [-0.2, 0) is 0 Å². The number of aryl methyl sites for hydroxylation is 1. The molecule has 0 atom stereocenters. The van der Waals surface area contributed by atoms with Crippen molar-refractivity contribution in [1.82, 2.24) is 9.97 Å². The average Bonchev–Trinajstić information content (AvgIpc) is 2.42. The van der Waals surface area contributed by atoms with Crippen molar-refractivity contribution >= 4 is 11.6 Å². The molecule has 1 aromatic heterocycles. The monoisotopic (exact) mass is 292 g/mol. The van der Waals surface area contributed by atoms with Crippen molar-refractivity contribution in [1.29, 1.82) is 0 Å². The Bertz CT molecular complexity index is 439. The zero-order valence-corrected chi connectivity index (χ0v) is 14.8. The number of anilines is 2. The molecular weight excluding hydrogens is 260 g/mol. The maximum absolute atomic E-state index is 4.76. The molecule has 0 spiro atoms. The molecule has 0 aliphatic rings. The molecule has 0 bridgehead atoms. The number of hydrogen-bond acceptors (Lipinski definition) is 4. The van der Waals surface area contributed by atoms with Crippen LogP contribution in [0, 0.1) is 19.8 Å². The minimum Gasteiger partial charge on any atom is -0.370 e. The summed E-state index contributed by atoms with van der Waals surface area (Å²) in [5.41, 5.74) is 1.16. The lowest BCUT2D eigenvalue weighted by molar-refractivity contribution is 0.502. The largest absolute Gasteiger partial charge is 0.370 e. The lowest BCUT2D eigenvalue weighted by Crippen LogP contribution is -2.38. The Labute approximate surface area is 130 Å². The third-order valence-corrected chi connectivity index (χ3v) is 3.79. The van der Waals surface area contributed by atoms with E-state index in [1.807, 2.05) is 6.92 Å². The van der Waals surface area contributed by atoms with Crippen LogP contribution in [0.15, 0.2) is 0 Å². The van der Waals surface area contributed by atoms with Gasteiger partial charge in [-0.1, -0.05) is 27.7 Å². The molecule has 1 rings (SSSR count). The molecule has 0 aliphatic carbocycles. The standard InChI is InChI=1S/C17H32N4/c1-8-15(9-2)21(11-12(4)5)17-13(6)16(18-10-3)19-14(7)20-17/h12,15H,8-11H2,1-7H3,(H,18,19,20). The van der Waals surface area contributed by atoms with Crippen LogP contribution in [0.2, 0.25) is 0 Å². The first kappa shape index (κ1) is 17.7. The zero-order chi connectivity index (χ0) is 16.0. The second kappa shape index (κ2) is 8.20. The van der Waals surface area contributed by atoms with Crippen molar-refractivity contribution in [3.8, 4) is 0 Å². The van der Waals surface area contributed by atoms with Crippen molar-refractivity contribution in [3.63, 3.8) is 0 Å². The van der Waals surface area contributed by atoms with Crippen LogP contribution in [-0.4, -0.2) is 29.1 Å². The van der Waals surface area contributed by atoms with Crippen LogP contribution in [0.4, 0.5) is 11.6 Å². The third kappa shape index (κ3) is 4.58. The highest BCUT2D eigenvalue weighted by Crippen LogP contribution is 2.27. The first-order chi connectivity index (χ1) is 9.94. The van der Waals surface area contributed by atoms with Crippen molar-refractivity contribution in [3.05, 3.63) is 11.4 Å². The van der Waals surface area contributed by atoms with Gasteiger partial charge in [0.25, 0.3) is 0 Å². The van der Waals surface area contributed by atoms with E-state index in [2.05, 4.69) is 56.7 Å². The predicted octanol–water partition coefficient (Wildman–Crippen LogP) is 4.18. The molecule has 0 saturated carbocycles. The SMILES string of the molecule is CCNc1nc(C)nc(N(CC(C)C)C(CC)CC)c1C. The highest BCUT2D eigenvalue weighted by atomic mass is 15.2. The van der Waals surface area contributed by atoms with Crippen molar-refractivity contribution in [2.45, 2.75) is 67.3 Å². The van der Waals surface area contributed by atoms with Gasteiger partial charge in [-0.05, 0) is 39.5 Å². The van der Waals surface area contributed by atoms with Crippen LogP contribution in [0.3, 0.4) is 0 Å². The van der Waals surface area contributed by atoms with E-state index < -0.39 is 0 Å². The molecule has 4 heteroatoms. The number of nitrogens with one attached hydrogen (secondary N) is 1. The summed E-state index contributed by atoms with van der Waals surface area (Å²) in [5, 5.41) is 3.36. The van der Waals surface area contributed by atoms with Crippen LogP contribution in [0.25, 0.3) is 0 Å². The quantitative estimate of drug-likeness (QED) is 0.780. The van der Waals surface area contributed by atoms with Crippen molar-refractivity contribution in [2.24, 2.45) is 5.92 Å². The van der Waals surface area contributed by atoms with Gasteiger partial charge in [-0.25, -0.2) is 9.97 Å². The highest BCUT2D eigenvalue weighted by molar-refractivity contribution is 5.59. The third-order valence-electron chi connectivity index (χ3n) is 3.79. The number of hydrogen-bond donors (Lipinski definition) is 1. The normalized spacial score (nSPS) is 11.3. The Kier molecular flexibility index (Phi) is 6.93. The van der Waals surface area contributed by atoms with Gasteiger partial charge in [0.15, 0.2) is 0 Å². The van der Waals surface area contributed by atoms with Crippen LogP contribution in [0.1, 0.15) is 58.8 Å². The maximum Gasteiger partial charge on any atom is 0.137 e. The van der Waals surface area contributed by atoms with E-state index >= 15 is 0 Å². The molecule has 21 heavy (non-hydrogen) atoms. The summed E-state index contributed by atoms with van der Waals surface area (Å²) in [4.78, 5) is 11.8. The lowest BCUT2D eigenvalue weighted by atomic mass is 10.1. The first-order valence-corrected chi connectivity index (χ1v) is 8.30. The molecule has 1 N–H and O–H groups in total. The van der Waals surface area contributed by atoms with Gasteiger partial charge in [-0.2, -0.15) is 0 Å². The molecular formula is C17H32N4. The van der Waals surface area contributed by atoms with E-state index in [0.29, 0.717) is 12.0 Å².